The Balaban J connectivity index is 1.82. The number of aryl methyl sites for hydroxylation is 1. The second kappa shape index (κ2) is 5.97. The number of carbonyl (C=O) groups is 1. The zero-order valence-corrected chi connectivity index (χ0v) is 10.5. The van der Waals surface area contributed by atoms with Gasteiger partial charge in [0.1, 0.15) is 5.78 Å². The summed E-state index contributed by atoms with van der Waals surface area (Å²) in [5, 5.41) is 3.33. The van der Waals surface area contributed by atoms with E-state index in [0.717, 1.165) is 37.9 Å². The summed E-state index contributed by atoms with van der Waals surface area (Å²) in [6.07, 6.45) is 3.67. The molecule has 2 rings (SSSR count). The highest BCUT2D eigenvalue weighted by atomic mass is 16.1. The van der Waals surface area contributed by atoms with Crippen molar-refractivity contribution in [2.45, 2.75) is 32.6 Å². The average Bonchev–Trinajstić information content (AvgIpc) is 2.33. The number of rotatable bonds is 4. The van der Waals surface area contributed by atoms with Crippen LogP contribution in [0.5, 0.6) is 0 Å². The lowest BCUT2D eigenvalue weighted by Crippen LogP contribution is -2.29. The van der Waals surface area contributed by atoms with Crippen LogP contribution in [0.25, 0.3) is 0 Å². The molecule has 0 saturated carbocycles. The van der Waals surface area contributed by atoms with Crippen LogP contribution in [0.1, 0.15) is 30.4 Å². The Morgan fingerprint density at radius 1 is 1.24 bits per heavy atom. The molecule has 0 atom stereocenters. The molecule has 17 heavy (non-hydrogen) atoms. The minimum absolute atomic E-state index is 0.390. The maximum Gasteiger partial charge on any atom is 0.137 e. The molecule has 2 nitrogen and oxygen atoms in total. The van der Waals surface area contributed by atoms with E-state index in [0.29, 0.717) is 18.1 Å². The zero-order chi connectivity index (χ0) is 12.1. The summed E-state index contributed by atoms with van der Waals surface area (Å²) in [7, 11) is 0. The zero-order valence-electron chi connectivity index (χ0n) is 10.5. The molecule has 0 radical (unpaired) electrons. The molecule has 1 aliphatic heterocycles. The Morgan fingerprint density at radius 2 is 1.88 bits per heavy atom. The molecule has 0 amide bonds. The fourth-order valence-corrected chi connectivity index (χ4v) is 2.41. The van der Waals surface area contributed by atoms with E-state index in [1.54, 1.807) is 0 Å². The number of ketones is 1. The molecule has 0 bridgehead atoms. The van der Waals surface area contributed by atoms with Crippen LogP contribution >= 0.6 is 0 Å². The summed E-state index contributed by atoms with van der Waals surface area (Å²) in [5.74, 6) is 0.995. The first-order valence-corrected chi connectivity index (χ1v) is 6.52. The van der Waals surface area contributed by atoms with E-state index in [1.165, 1.54) is 5.56 Å². The van der Waals surface area contributed by atoms with Crippen molar-refractivity contribution in [3.8, 4) is 0 Å². The van der Waals surface area contributed by atoms with Gasteiger partial charge in [-0.05, 0) is 44.3 Å². The first-order valence-electron chi connectivity index (χ1n) is 6.52. The van der Waals surface area contributed by atoms with Crippen LogP contribution in [0, 0.1) is 12.8 Å². The minimum atomic E-state index is 0.390. The summed E-state index contributed by atoms with van der Waals surface area (Å²) in [6, 6.07) is 8.28. The Kier molecular flexibility index (Phi) is 4.32. The van der Waals surface area contributed by atoms with Gasteiger partial charge in [-0.1, -0.05) is 29.8 Å². The molecule has 92 valence electrons. The number of benzene rings is 1. The van der Waals surface area contributed by atoms with Crippen molar-refractivity contribution >= 4 is 5.78 Å². The Labute approximate surface area is 103 Å². The standard InChI is InChI=1S/C15H21NO/c1-12-2-4-13(5-3-12)10-15(17)11-14-6-8-16-9-7-14/h2-5,14,16H,6-11H2,1H3. The molecule has 0 unspecified atom stereocenters. The van der Waals surface area contributed by atoms with Gasteiger partial charge >= 0.3 is 0 Å². The molecule has 0 aromatic heterocycles. The highest BCUT2D eigenvalue weighted by Crippen LogP contribution is 2.17. The van der Waals surface area contributed by atoms with E-state index >= 15 is 0 Å². The predicted octanol–water partition coefficient (Wildman–Crippen LogP) is 2.50. The van der Waals surface area contributed by atoms with E-state index in [-0.39, 0.29) is 0 Å². The highest BCUT2D eigenvalue weighted by Gasteiger charge is 2.16. The molecule has 1 aliphatic rings. The van der Waals surface area contributed by atoms with Crippen LogP contribution in [0.2, 0.25) is 0 Å². The van der Waals surface area contributed by atoms with Crippen molar-refractivity contribution in [1.29, 1.82) is 0 Å². The van der Waals surface area contributed by atoms with Gasteiger partial charge in [0.25, 0.3) is 0 Å². The molecule has 1 heterocycles. The van der Waals surface area contributed by atoms with Gasteiger partial charge in [0.05, 0.1) is 0 Å². The third-order valence-electron chi connectivity index (χ3n) is 3.50. The molecule has 1 fully saturated rings. The quantitative estimate of drug-likeness (QED) is 0.862. The molecule has 2 heteroatoms. The van der Waals surface area contributed by atoms with Gasteiger partial charge in [-0.25, -0.2) is 0 Å². The SMILES string of the molecule is Cc1ccc(CC(=O)CC2CCNCC2)cc1. The summed E-state index contributed by atoms with van der Waals surface area (Å²) in [5.41, 5.74) is 2.40. The van der Waals surface area contributed by atoms with Gasteiger partial charge in [0, 0.05) is 12.8 Å². The van der Waals surface area contributed by atoms with Crippen molar-refractivity contribution in [1.82, 2.24) is 5.32 Å². The number of piperidine rings is 1. The lowest BCUT2D eigenvalue weighted by molar-refractivity contribution is -0.119. The normalized spacial score (nSPS) is 17.0. The lowest BCUT2D eigenvalue weighted by Gasteiger charge is -2.21. The van der Waals surface area contributed by atoms with Crippen LogP contribution < -0.4 is 5.32 Å². The Bertz CT molecular complexity index is 363. The van der Waals surface area contributed by atoms with Gasteiger partial charge in [0.2, 0.25) is 0 Å². The summed E-state index contributed by atoms with van der Waals surface area (Å²) < 4.78 is 0. The van der Waals surface area contributed by atoms with Gasteiger partial charge in [0.15, 0.2) is 0 Å². The van der Waals surface area contributed by atoms with E-state index in [9.17, 15) is 4.79 Å². The van der Waals surface area contributed by atoms with Crippen LogP contribution in [0.4, 0.5) is 0 Å². The smallest absolute Gasteiger partial charge is 0.137 e. The second-order valence-corrected chi connectivity index (χ2v) is 5.10. The fourth-order valence-electron chi connectivity index (χ4n) is 2.41. The summed E-state index contributed by atoms with van der Waals surface area (Å²) in [6.45, 7) is 4.21. The largest absolute Gasteiger partial charge is 0.317 e. The number of carbonyl (C=O) groups excluding carboxylic acids is 1. The molecular weight excluding hydrogens is 210 g/mol. The molecule has 1 aromatic rings. The van der Waals surface area contributed by atoms with E-state index in [1.807, 2.05) is 0 Å². The Morgan fingerprint density at radius 3 is 2.53 bits per heavy atom. The molecule has 1 aromatic carbocycles. The number of nitrogens with one attached hydrogen (secondary N) is 1. The van der Waals surface area contributed by atoms with Gasteiger partial charge < -0.3 is 5.32 Å². The van der Waals surface area contributed by atoms with Gasteiger partial charge in [-0.2, -0.15) is 0 Å². The number of hydrogen-bond acceptors (Lipinski definition) is 2. The third-order valence-corrected chi connectivity index (χ3v) is 3.50. The third kappa shape index (κ3) is 3.97. The number of hydrogen-bond donors (Lipinski definition) is 1. The topological polar surface area (TPSA) is 29.1 Å². The van der Waals surface area contributed by atoms with Crippen LogP contribution in [0.15, 0.2) is 24.3 Å². The van der Waals surface area contributed by atoms with Crippen LogP contribution in [-0.2, 0) is 11.2 Å². The molecule has 0 aliphatic carbocycles. The number of Topliss-reactive ketones (excluding diaryl/α,β-unsaturated/α-hetero) is 1. The molecule has 1 N–H and O–H groups in total. The first kappa shape index (κ1) is 12.3. The van der Waals surface area contributed by atoms with Crippen molar-refractivity contribution in [3.05, 3.63) is 35.4 Å². The van der Waals surface area contributed by atoms with E-state index in [2.05, 4.69) is 36.5 Å². The second-order valence-electron chi connectivity index (χ2n) is 5.10. The highest BCUT2D eigenvalue weighted by molar-refractivity contribution is 5.81. The van der Waals surface area contributed by atoms with Crippen LogP contribution in [0.3, 0.4) is 0 Å². The fraction of sp³-hybridized carbons (Fsp3) is 0.533. The van der Waals surface area contributed by atoms with Crippen LogP contribution in [-0.4, -0.2) is 18.9 Å². The van der Waals surface area contributed by atoms with Crippen molar-refractivity contribution in [3.63, 3.8) is 0 Å². The van der Waals surface area contributed by atoms with Gasteiger partial charge in [-0.15, -0.1) is 0 Å². The predicted molar refractivity (Wildman–Crippen MR) is 70.1 cm³/mol. The first-order chi connectivity index (χ1) is 8.24. The van der Waals surface area contributed by atoms with Crippen molar-refractivity contribution < 1.29 is 4.79 Å². The minimum Gasteiger partial charge on any atom is -0.317 e. The molecular formula is C15H21NO. The van der Waals surface area contributed by atoms with Crippen molar-refractivity contribution in [2.24, 2.45) is 5.92 Å². The van der Waals surface area contributed by atoms with E-state index < -0.39 is 0 Å². The van der Waals surface area contributed by atoms with Gasteiger partial charge in [-0.3, -0.25) is 4.79 Å². The summed E-state index contributed by atoms with van der Waals surface area (Å²) in [4.78, 5) is 11.9. The summed E-state index contributed by atoms with van der Waals surface area (Å²) >= 11 is 0. The maximum absolute atomic E-state index is 11.9. The maximum atomic E-state index is 11.9. The average molecular weight is 231 g/mol. The molecule has 1 saturated heterocycles. The lowest BCUT2D eigenvalue weighted by atomic mass is 9.91. The van der Waals surface area contributed by atoms with Crippen molar-refractivity contribution in [2.75, 3.05) is 13.1 Å². The van der Waals surface area contributed by atoms with E-state index in [4.69, 9.17) is 0 Å². The monoisotopic (exact) mass is 231 g/mol. The Hall–Kier alpha value is -1.15. The molecule has 0 spiro atoms.